The summed E-state index contributed by atoms with van der Waals surface area (Å²) in [5.74, 6) is 1.65. The molecule has 2 atom stereocenters. The molecule has 1 saturated carbocycles. The molecule has 21 heavy (non-hydrogen) atoms. The molecule has 0 saturated heterocycles. The van der Waals surface area contributed by atoms with Crippen LogP contribution in [-0.2, 0) is 0 Å². The van der Waals surface area contributed by atoms with Gasteiger partial charge in [-0.05, 0) is 55.8 Å². The lowest BCUT2D eigenvalue weighted by Gasteiger charge is -2.45. The Hall–Kier alpha value is -1.04. The van der Waals surface area contributed by atoms with Crippen LogP contribution in [0.3, 0.4) is 0 Å². The highest BCUT2D eigenvalue weighted by Crippen LogP contribution is 2.53. The largest absolute Gasteiger partial charge is 0.103 e. The molecule has 0 radical (unpaired) electrons. The maximum atomic E-state index is 4.24. The first kappa shape index (κ1) is 18.0. The van der Waals surface area contributed by atoms with E-state index in [1.807, 2.05) is 0 Å². The zero-order valence-corrected chi connectivity index (χ0v) is 14.5. The third-order valence-corrected chi connectivity index (χ3v) is 5.80. The molecule has 0 aromatic rings. The Labute approximate surface area is 132 Å². The minimum atomic E-state index is -0.0537. The average Bonchev–Trinajstić information content (AvgIpc) is 3.30. The molecule has 1 rings (SSSR count). The maximum absolute atomic E-state index is 4.24. The zero-order valence-electron chi connectivity index (χ0n) is 14.5. The van der Waals surface area contributed by atoms with Crippen LogP contribution in [0.1, 0.15) is 59.3 Å². The van der Waals surface area contributed by atoms with Crippen LogP contribution in [0.5, 0.6) is 0 Å². The van der Waals surface area contributed by atoms with E-state index in [2.05, 4.69) is 65.3 Å². The van der Waals surface area contributed by atoms with E-state index in [0.29, 0.717) is 0 Å². The van der Waals surface area contributed by atoms with Crippen molar-refractivity contribution in [3.8, 4) is 0 Å². The van der Waals surface area contributed by atoms with Crippen molar-refractivity contribution in [2.24, 2.45) is 22.7 Å². The molecule has 0 heterocycles. The molecule has 118 valence electrons. The van der Waals surface area contributed by atoms with Crippen molar-refractivity contribution in [3.63, 3.8) is 0 Å². The van der Waals surface area contributed by atoms with Gasteiger partial charge in [-0.1, -0.05) is 51.2 Å². The second kappa shape index (κ2) is 7.29. The smallest absolute Gasteiger partial charge is 0.00842 e. The van der Waals surface area contributed by atoms with Gasteiger partial charge in [-0.15, -0.1) is 19.7 Å². The predicted molar refractivity (Wildman–Crippen MR) is 96.3 cm³/mol. The molecule has 2 unspecified atom stereocenters. The van der Waals surface area contributed by atoms with E-state index in [4.69, 9.17) is 0 Å². The molecule has 0 bridgehead atoms. The lowest BCUT2D eigenvalue weighted by molar-refractivity contribution is 0.119. The van der Waals surface area contributed by atoms with Gasteiger partial charge >= 0.3 is 0 Å². The summed E-state index contributed by atoms with van der Waals surface area (Å²) < 4.78 is 0. The van der Waals surface area contributed by atoms with Gasteiger partial charge in [-0.3, -0.25) is 0 Å². The SMILES string of the molecule is C=CCC(C)(CC(CC(=C)CC)C1CC1)C(C)(C=C)C=C. The Morgan fingerprint density at radius 1 is 1.19 bits per heavy atom. The number of hydrogen-bond acceptors (Lipinski definition) is 0. The van der Waals surface area contributed by atoms with Gasteiger partial charge in [0.15, 0.2) is 0 Å². The van der Waals surface area contributed by atoms with Gasteiger partial charge in [-0.2, -0.15) is 0 Å². The van der Waals surface area contributed by atoms with E-state index >= 15 is 0 Å². The Bertz CT molecular complexity index is 388. The van der Waals surface area contributed by atoms with Crippen molar-refractivity contribution >= 4 is 0 Å². The van der Waals surface area contributed by atoms with Crippen LogP contribution < -0.4 is 0 Å². The third-order valence-electron chi connectivity index (χ3n) is 5.80. The molecule has 0 amide bonds. The van der Waals surface area contributed by atoms with Gasteiger partial charge in [0.1, 0.15) is 0 Å². The van der Waals surface area contributed by atoms with Crippen LogP contribution >= 0.6 is 0 Å². The van der Waals surface area contributed by atoms with Crippen molar-refractivity contribution in [2.45, 2.75) is 59.3 Å². The lowest BCUT2D eigenvalue weighted by atomic mass is 9.59. The molecule has 1 aliphatic rings. The van der Waals surface area contributed by atoms with Gasteiger partial charge in [0.25, 0.3) is 0 Å². The molecule has 0 heteroatoms. The molecule has 0 aliphatic heterocycles. The first-order chi connectivity index (χ1) is 9.85. The monoisotopic (exact) mass is 286 g/mol. The third kappa shape index (κ3) is 4.22. The second-order valence-electron chi connectivity index (χ2n) is 7.35. The fourth-order valence-electron chi connectivity index (χ4n) is 3.48. The Kier molecular flexibility index (Phi) is 6.25. The molecule has 0 aromatic heterocycles. The zero-order chi connectivity index (χ0) is 16.1. The minimum Gasteiger partial charge on any atom is -0.103 e. The summed E-state index contributed by atoms with van der Waals surface area (Å²) in [6, 6.07) is 0. The van der Waals surface area contributed by atoms with Crippen LogP contribution in [0.4, 0.5) is 0 Å². The molecule has 1 aliphatic carbocycles. The van der Waals surface area contributed by atoms with E-state index in [0.717, 1.165) is 24.7 Å². The Morgan fingerprint density at radius 2 is 1.76 bits per heavy atom. The predicted octanol–water partition coefficient (Wildman–Crippen LogP) is 6.72. The van der Waals surface area contributed by atoms with E-state index < -0.39 is 0 Å². The van der Waals surface area contributed by atoms with E-state index in [1.54, 1.807) is 0 Å². The normalized spacial score (nSPS) is 19.4. The highest BCUT2D eigenvalue weighted by Gasteiger charge is 2.43. The minimum absolute atomic E-state index is 0.0537. The fourth-order valence-corrected chi connectivity index (χ4v) is 3.48. The van der Waals surface area contributed by atoms with Gasteiger partial charge in [0.2, 0.25) is 0 Å². The summed E-state index contributed by atoms with van der Waals surface area (Å²) in [7, 11) is 0. The topological polar surface area (TPSA) is 0 Å². The highest BCUT2D eigenvalue weighted by atomic mass is 14.5. The van der Waals surface area contributed by atoms with Crippen molar-refractivity contribution in [2.75, 3.05) is 0 Å². The average molecular weight is 287 g/mol. The molecule has 0 nitrogen and oxygen atoms in total. The van der Waals surface area contributed by atoms with Crippen LogP contribution in [0.2, 0.25) is 0 Å². The Balaban J connectivity index is 2.97. The van der Waals surface area contributed by atoms with Crippen molar-refractivity contribution in [1.29, 1.82) is 0 Å². The molecule has 1 fully saturated rings. The van der Waals surface area contributed by atoms with Gasteiger partial charge in [0, 0.05) is 5.41 Å². The second-order valence-corrected chi connectivity index (χ2v) is 7.35. The number of hydrogen-bond donors (Lipinski definition) is 0. The quantitative estimate of drug-likeness (QED) is 0.370. The van der Waals surface area contributed by atoms with Gasteiger partial charge in [-0.25, -0.2) is 0 Å². The number of allylic oxidation sites excluding steroid dienone is 4. The summed E-state index contributed by atoms with van der Waals surface area (Å²) >= 11 is 0. The van der Waals surface area contributed by atoms with Crippen molar-refractivity contribution < 1.29 is 0 Å². The molecular weight excluding hydrogens is 252 g/mol. The summed E-state index contributed by atoms with van der Waals surface area (Å²) in [6.07, 6.45) is 13.5. The van der Waals surface area contributed by atoms with Crippen LogP contribution in [0.15, 0.2) is 50.1 Å². The first-order valence-electron chi connectivity index (χ1n) is 8.40. The molecule has 0 spiro atoms. The van der Waals surface area contributed by atoms with Gasteiger partial charge < -0.3 is 0 Å². The van der Waals surface area contributed by atoms with Crippen molar-refractivity contribution in [1.82, 2.24) is 0 Å². The lowest BCUT2D eigenvalue weighted by Crippen LogP contribution is -2.36. The summed E-state index contributed by atoms with van der Waals surface area (Å²) in [5.41, 5.74) is 1.48. The van der Waals surface area contributed by atoms with Crippen molar-refractivity contribution in [3.05, 3.63) is 50.1 Å². The summed E-state index contributed by atoms with van der Waals surface area (Å²) in [5, 5.41) is 0. The van der Waals surface area contributed by atoms with Crippen LogP contribution in [0, 0.1) is 22.7 Å². The highest BCUT2D eigenvalue weighted by molar-refractivity contribution is 5.14. The Morgan fingerprint density at radius 3 is 2.14 bits per heavy atom. The summed E-state index contributed by atoms with van der Waals surface area (Å²) in [6.45, 7) is 23.2. The van der Waals surface area contributed by atoms with Crippen LogP contribution in [-0.4, -0.2) is 0 Å². The van der Waals surface area contributed by atoms with Gasteiger partial charge in [0.05, 0.1) is 0 Å². The molecule has 0 aromatic carbocycles. The number of rotatable bonds is 11. The molecule has 0 N–H and O–H groups in total. The first-order valence-corrected chi connectivity index (χ1v) is 8.40. The standard InChI is InChI=1S/C21H34/c1-8-14-21(7,20(6,10-3)11-4)16-19(18-12-13-18)15-17(5)9-2/h8,10-11,18-19H,1,3-5,9,12-16H2,2,6-7H3. The maximum Gasteiger partial charge on any atom is 0.00842 e. The van der Waals surface area contributed by atoms with E-state index in [9.17, 15) is 0 Å². The fraction of sp³-hybridized carbons (Fsp3) is 0.619. The summed E-state index contributed by atoms with van der Waals surface area (Å²) in [4.78, 5) is 0. The van der Waals surface area contributed by atoms with E-state index in [1.165, 1.54) is 31.3 Å². The van der Waals surface area contributed by atoms with E-state index in [-0.39, 0.29) is 10.8 Å². The van der Waals surface area contributed by atoms with Crippen LogP contribution in [0.25, 0.3) is 0 Å². The molecular formula is C21H34.